The molecule has 0 aliphatic heterocycles. The molecule has 3 rings (SSSR count). The predicted molar refractivity (Wildman–Crippen MR) is 98.4 cm³/mol. The second-order valence-corrected chi connectivity index (χ2v) is 9.13. The Bertz CT molecular complexity index is 691. The SMILES string of the molecule is Cl.Cl.O=C(C1=[C]([Zr][C]2=CC=CC2)CC=C1)C(CO)c1ccccc1. The van der Waals surface area contributed by atoms with Gasteiger partial charge in [-0.2, -0.15) is 0 Å². The van der Waals surface area contributed by atoms with E-state index in [1.807, 2.05) is 36.4 Å². The maximum atomic E-state index is 12.9. The number of carbonyl (C=O) groups is 1. The Labute approximate surface area is 166 Å². The molecule has 0 heterocycles. The monoisotopic (exact) mass is 440 g/mol. The van der Waals surface area contributed by atoms with Gasteiger partial charge in [0.15, 0.2) is 0 Å². The van der Waals surface area contributed by atoms with Crippen LogP contribution in [-0.2, 0) is 28.0 Å². The minimum absolute atomic E-state index is 0. The first-order valence-electron chi connectivity index (χ1n) is 7.52. The van der Waals surface area contributed by atoms with E-state index in [1.54, 1.807) is 0 Å². The van der Waals surface area contributed by atoms with Crippen LogP contribution in [0.1, 0.15) is 24.3 Å². The summed E-state index contributed by atoms with van der Waals surface area (Å²) in [5.41, 5.74) is 1.76. The molecule has 0 saturated carbocycles. The third-order valence-electron chi connectivity index (χ3n) is 3.98. The fourth-order valence-corrected chi connectivity index (χ4v) is 6.11. The number of ketones is 1. The number of allylic oxidation sites excluding steroid dienone is 8. The van der Waals surface area contributed by atoms with Gasteiger partial charge in [-0.15, -0.1) is 24.8 Å². The Hall–Kier alpha value is -0.727. The summed E-state index contributed by atoms with van der Waals surface area (Å²) in [6.07, 6.45) is 12.5. The molecule has 0 aromatic heterocycles. The molecule has 0 saturated heterocycles. The van der Waals surface area contributed by atoms with Crippen molar-refractivity contribution in [3.63, 3.8) is 0 Å². The zero-order chi connectivity index (χ0) is 15.4. The average molecular weight is 442 g/mol. The summed E-state index contributed by atoms with van der Waals surface area (Å²) >= 11 is -0.843. The van der Waals surface area contributed by atoms with Crippen LogP contribution in [0.5, 0.6) is 0 Å². The quantitative estimate of drug-likeness (QED) is 0.713. The minimum atomic E-state index is -0.843. The van der Waals surface area contributed by atoms with E-state index in [9.17, 15) is 9.90 Å². The second kappa shape index (κ2) is 10.3. The van der Waals surface area contributed by atoms with E-state index in [4.69, 9.17) is 0 Å². The van der Waals surface area contributed by atoms with Crippen molar-refractivity contribution >= 4 is 30.6 Å². The van der Waals surface area contributed by atoms with Crippen molar-refractivity contribution in [2.24, 2.45) is 0 Å². The summed E-state index contributed by atoms with van der Waals surface area (Å²) in [7, 11) is 0. The van der Waals surface area contributed by atoms with Gasteiger partial charge in [0.1, 0.15) is 0 Å². The standard InChI is InChI=1S/C14H13O2.C5H5.2ClH.Zr/c15-10-13(11-6-2-1-3-7-11)14(16)12-8-4-5-9-12;1-2-4-5-3-1;;;/h1-4,6-8,13,15H,5,10H2;1-3H,4H2;2*1H;. The van der Waals surface area contributed by atoms with E-state index in [0.29, 0.717) is 0 Å². The number of hydrogen-bond acceptors (Lipinski definition) is 2. The maximum absolute atomic E-state index is 12.9. The van der Waals surface area contributed by atoms with Crippen LogP contribution in [0.3, 0.4) is 0 Å². The molecule has 5 heteroatoms. The molecule has 24 heavy (non-hydrogen) atoms. The Morgan fingerprint density at radius 1 is 1.12 bits per heavy atom. The molecular formula is C19H20Cl2O2Zr. The number of hydrogen-bond donors (Lipinski definition) is 1. The number of carbonyl (C=O) groups excluding carboxylic acids is 1. The van der Waals surface area contributed by atoms with E-state index in [1.165, 1.54) is 6.56 Å². The Morgan fingerprint density at radius 3 is 2.50 bits per heavy atom. The molecule has 0 spiro atoms. The molecule has 1 aromatic carbocycles. The van der Waals surface area contributed by atoms with Crippen molar-refractivity contribution in [2.75, 3.05) is 6.61 Å². The molecule has 1 atom stereocenters. The summed E-state index contributed by atoms with van der Waals surface area (Å²) in [6, 6.07) is 9.59. The zero-order valence-corrected chi connectivity index (χ0v) is 17.2. The van der Waals surface area contributed by atoms with Crippen LogP contribution in [0.4, 0.5) is 0 Å². The van der Waals surface area contributed by atoms with Crippen LogP contribution >= 0.6 is 24.8 Å². The van der Waals surface area contributed by atoms with Gasteiger partial charge in [0, 0.05) is 0 Å². The zero-order valence-electron chi connectivity index (χ0n) is 13.1. The molecule has 2 nitrogen and oxygen atoms in total. The molecule has 1 aromatic rings. The first-order valence-corrected chi connectivity index (χ1v) is 9.98. The van der Waals surface area contributed by atoms with Gasteiger partial charge in [-0.25, -0.2) is 0 Å². The van der Waals surface area contributed by atoms with Gasteiger partial charge in [-0.05, 0) is 0 Å². The van der Waals surface area contributed by atoms with Gasteiger partial charge < -0.3 is 0 Å². The number of rotatable bonds is 6. The molecule has 0 bridgehead atoms. The van der Waals surface area contributed by atoms with E-state index in [-0.39, 0.29) is 37.2 Å². The molecular weight excluding hydrogens is 422 g/mol. The van der Waals surface area contributed by atoms with Gasteiger partial charge in [-0.3, -0.25) is 0 Å². The van der Waals surface area contributed by atoms with Gasteiger partial charge in [0.25, 0.3) is 0 Å². The van der Waals surface area contributed by atoms with Crippen molar-refractivity contribution in [1.82, 2.24) is 0 Å². The topological polar surface area (TPSA) is 37.3 Å². The van der Waals surface area contributed by atoms with Crippen molar-refractivity contribution in [3.8, 4) is 0 Å². The summed E-state index contributed by atoms with van der Waals surface area (Å²) < 4.78 is 2.87. The number of halogens is 2. The average Bonchev–Trinajstić information content (AvgIpc) is 3.21. The number of aliphatic hydroxyl groups is 1. The summed E-state index contributed by atoms with van der Waals surface area (Å²) in [6.45, 7) is -0.136. The molecule has 2 aliphatic rings. The first kappa shape index (κ1) is 21.3. The number of Topliss-reactive ketones (excluding diaryl/α,β-unsaturated/α-hetero) is 1. The second-order valence-electron chi connectivity index (χ2n) is 5.46. The summed E-state index contributed by atoms with van der Waals surface area (Å²) in [5.74, 6) is -0.367. The number of aliphatic hydroxyl groups excluding tert-OH is 1. The molecule has 0 radical (unpaired) electrons. The van der Waals surface area contributed by atoms with Crippen molar-refractivity contribution < 1.29 is 33.1 Å². The van der Waals surface area contributed by atoms with Crippen molar-refractivity contribution in [2.45, 2.75) is 18.8 Å². The van der Waals surface area contributed by atoms with E-state index in [0.717, 1.165) is 24.0 Å². The fourth-order valence-electron chi connectivity index (χ4n) is 2.80. The van der Waals surface area contributed by atoms with Gasteiger partial charge in [0.05, 0.1) is 0 Å². The summed E-state index contributed by atoms with van der Waals surface area (Å²) in [5, 5.41) is 9.71. The molecule has 0 fully saturated rings. The van der Waals surface area contributed by atoms with Gasteiger partial charge in [0.2, 0.25) is 0 Å². The van der Waals surface area contributed by atoms with Gasteiger partial charge >= 0.3 is 143 Å². The Kier molecular flexibility index (Phi) is 9.15. The third kappa shape index (κ3) is 4.89. The molecule has 0 amide bonds. The molecule has 1 N–H and O–H groups in total. The molecule has 2 aliphatic carbocycles. The Balaban J connectivity index is 0.00000144. The third-order valence-corrected chi connectivity index (χ3v) is 7.59. The van der Waals surface area contributed by atoms with E-state index in [2.05, 4.69) is 24.3 Å². The van der Waals surface area contributed by atoms with Crippen LogP contribution < -0.4 is 0 Å². The van der Waals surface area contributed by atoms with Crippen LogP contribution in [0.2, 0.25) is 0 Å². The van der Waals surface area contributed by atoms with Crippen LogP contribution in [0, 0.1) is 0 Å². The molecule has 126 valence electrons. The van der Waals surface area contributed by atoms with E-state index < -0.39 is 29.2 Å². The fraction of sp³-hybridized carbons (Fsp3) is 0.211. The molecule has 1 unspecified atom stereocenters. The first-order chi connectivity index (χ1) is 10.8. The predicted octanol–water partition coefficient (Wildman–Crippen LogP) is 4.32. The van der Waals surface area contributed by atoms with Crippen molar-refractivity contribution in [1.29, 1.82) is 0 Å². The van der Waals surface area contributed by atoms with Gasteiger partial charge in [-0.1, -0.05) is 0 Å². The van der Waals surface area contributed by atoms with Crippen LogP contribution in [0.25, 0.3) is 0 Å². The van der Waals surface area contributed by atoms with Crippen LogP contribution in [0.15, 0.2) is 72.8 Å². The summed E-state index contributed by atoms with van der Waals surface area (Å²) in [4.78, 5) is 12.9. The Morgan fingerprint density at radius 2 is 1.88 bits per heavy atom. The van der Waals surface area contributed by atoms with Crippen LogP contribution in [-0.4, -0.2) is 17.5 Å². The van der Waals surface area contributed by atoms with E-state index >= 15 is 0 Å². The number of benzene rings is 1. The van der Waals surface area contributed by atoms with Crippen molar-refractivity contribution in [3.05, 3.63) is 78.4 Å². The normalized spacial score (nSPS) is 16.3.